The van der Waals surface area contributed by atoms with E-state index in [1.54, 1.807) is 11.8 Å². The van der Waals surface area contributed by atoms with Gasteiger partial charge in [0.2, 0.25) is 0 Å². The van der Waals surface area contributed by atoms with Crippen molar-refractivity contribution < 1.29 is 14.7 Å². The Morgan fingerprint density at radius 3 is 2.71 bits per heavy atom. The molecule has 5 heteroatoms. The lowest BCUT2D eigenvalue weighted by Gasteiger charge is -2.24. The predicted molar refractivity (Wildman–Crippen MR) is 81.1 cm³/mol. The van der Waals surface area contributed by atoms with Crippen LogP contribution in [0.25, 0.3) is 0 Å². The summed E-state index contributed by atoms with van der Waals surface area (Å²) in [5, 5.41) is 12.3. The first kappa shape index (κ1) is 15.4. The molecular formula is C16H22N2O3. The van der Waals surface area contributed by atoms with Crippen LogP contribution in [0.3, 0.4) is 0 Å². The lowest BCUT2D eigenvalue weighted by atomic mass is 10.1. The highest BCUT2D eigenvalue weighted by Gasteiger charge is 2.25. The van der Waals surface area contributed by atoms with Crippen LogP contribution in [0.5, 0.6) is 5.75 Å². The molecular weight excluding hydrogens is 268 g/mol. The number of hydrogen-bond acceptors (Lipinski definition) is 4. The molecule has 114 valence electrons. The molecule has 0 spiro atoms. The second kappa shape index (κ2) is 6.61. The van der Waals surface area contributed by atoms with E-state index in [1.165, 1.54) is 0 Å². The Balaban J connectivity index is 2.18. The molecule has 1 atom stereocenters. The number of nitrogens with zero attached hydrogens (tertiary/aromatic N) is 2. The summed E-state index contributed by atoms with van der Waals surface area (Å²) in [6.07, 6.45) is 0.952. The minimum absolute atomic E-state index is 0.00773. The Kier molecular flexibility index (Phi) is 4.83. The third-order valence-corrected chi connectivity index (χ3v) is 3.90. The van der Waals surface area contributed by atoms with Crippen molar-refractivity contribution in [3.8, 4) is 5.75 Å². The fourth-order valence-electron chi connectivity index (χ4n) is 2.72. The average Bonchev–Trinajstić information content (AvgIpc) is 2.92. The standard InChI is InChI=1S/C16H22N2O3/c1-4-18(5-2)16(19)11(3)21-15-8-6-7-12-13(15)9-10-14(12)17-20/h6-8,11,20H,4-5,9-10H2,1-3H3. The van der Waals surface area contributed by atoms with Crippen molar-refractivity contribution in [2.45, 2.75) is 39.7 Å². The summed E-state index contributed by atoms with van der Waals surface area (Å²) >= 11 is 0. The van der Waals surface area contributed by atoms with Gasteiger partial charge in [0, 0.05) is 24.2 Å². The SMILES string of the molecule is CCN(CC)C(=O)C(C)Oc1cccc2c1CCC2=NO. The molecule has 0 heterocycles. The first-order chi connectivity index (χ1) is 10.1. The third-order valence-electron chi connectivity index (χ3n) is 3.90. The van der Waals surface area contributed by atoms with Crippen LogP contribution in [-0.4, -0.2) is 40.9 Å². The molecule has 1 aromatic rings. The van der Waals surface area contributed by atoms with Gasteiger partial charge >= 0.3 is 0 Å². The van der Waals surface area contributed by atoms with Gasteiger partial charge in [-0.3, -0.25) is 4.79 Å². The minimum atomic E-state index is -0.522. The summed E-state index contributed by atoms with van der Waals surface area (Å²) in [4.78, 5) is 14.0. The van der Waals surface area contributed by atoms with Crippen molar-refractivity contribution in [2.24, 2.45) is 5.16 Å². The summed E-state index contributed by atoms with van der Waals surface area (Å²) in [5.41, 5.74) is 2.61. The van der Waals surface area contributed by atoms with Gasteiger partial charge in [-0.15, -0.1) is 0 Å². The maximum absolute atomic E-state index is 12.3. The van der Waals surface area contributed by atoms with Crippen molar-refractivity contribution in [3.63, 3.8) is 0 Å². The van der Waals surface area contributed by atoms with Crippen molar-refractivity contribution in [3.05, 3.63) is 29.3 Å². The zero-order chi connectivity index (χ0) is 15.4. The summed E-state index contributed by atoms with van der Waals surface area (Å²) in [5.74, 6) is 0.700. The molecule has 21 heavy (non-hydrogen) atoms. The molecule has 1 aliphatic rings. The largest absolute Gasteiger partial charge is 0.481 e. The van der Waals surface area contributed by atoms with Gasteiger partial charge in [0.1, 0.15) is 5.75 Å². The highest BCUT2D eigenvalue weighted by atomic mass is 16.5. The fourth-order valence-corrected chi connectivity index (χ4v) is 2.72. The molecule has 0 saturated heterocycles. The van der Waals surface area contributed by atoms with E-state index in [0.717, 1.165) is 17.5 Å². The maximum Gasteiger partial charge on any atom is 0.263 e. The van der Waals surface area contributed by atoms with E-state index < -0.39 is 6.10 Å². The summed E-state index contributed by atoms with van der Waals surface area (Å²) in [6, 6.07) is 5.64. The number of rotatable bonds is 5. The molecule has 1 amide bonds. The number of hydrogen-bond donors (Lipinski definition) is 1. The van der Waals surface area contributed by atoms with Gasteiger partial charge in [0.15, 0.2) is 6.10 Å². The minimum Gasteiger partial charge on any atom is -0.481 e. The van der Waals surface area contributed by atoms with Gasteiger partial charge in [-0.05, 0) is 39.7 Å². The topological polar surface area (TPSA) is 62.1 Å². The Morgan fingerprint density at radius 2 is 2.10 bits per heavy atom. The molecule has 0 aromatic heterocycles. The quantitative estimate of drug-likeness (QED) is 0.669. The van der Waals surface area contributed by atoms with Crippen LogP contribution < -0.4 is 4.74 Å². The van der Waals surface area contributed by atoms with E-state index in [1.807, 2.05) is 32.0 Å². The van der Waals surface area contributed by atoms with E-state index in [0.29, 0.717) is 31.0 Å². The van der Waals surface area contributed by atoms with E-state index in [2.05, 4.69) is 5.16 Å². The molecule has 5 nitrogen and oxygen atoms in total. The molecule has 0 saturated carbocycles. The van der Waals surface area contributed by atoms with Crippen LogP contribution in [0, 0.1) is 0 Å². The van der Waals surface area contributed by atoms with Crippen molar-refractivity contribution in [1.29, 1.82) is 0 Å². The van der Waals surface area contributed by atoms with Crippen LogP contribution in [0.4, 0.5) is 0 Å². The number of likely N-dealkylation sites (N-methyl/N-ethyl adjacent to an activating group) is 1. The molecule has 1 aliphatic carbocycles. The van der Waals surface area contributed by atoms with E-state index in [9.17, 15) is 4.79 Å². The first-order valence-corrected chi connectivity index (χ1v) is 7.40. The number of fused-ring (bicyclic) bond motifs is 1. The number of carbonyl (C=O) groups is 1. The van der Waals surface area contributed by atoms with Gasteiger partial charge in [-0.25, -0.2) is 0 Å². The maximum atomic E-state index is 12.3. The zero-order valence-corrected chi connectivity index (χ0v) is 12.8. The fraction of sp³-hybridized carbons (Fsp3) is 0.500. The van der Waals surface area contributed by atoms with E-state index >= 15 is 0 Å². The molecule has 0 aliphatic heterocycles. The number of ether oxygens (including phenoxy) is 1. The highest BCUT2D eigenvalue weighted by Crippen LogP contribution is 2.31. The van der Waals surface area contributed by atoms with Crippen LogP contribution >= 0.6 is 0 Å². The van der Waals surface area contributed by atoms with E-state index in [-0.39, 0.29) is 5.91 Å². The molecule has 0 radical (unpaired) electrons. The molecule has 2 rings (SSSR count). The second-order valence-electron chi connectivity index (χ2n) is 5.10. The second-order valence-corrected chi connectivity index (χ2v) is 5.10. The van der Waals surface area contributed by atoms with Crippen LogP contribution in [0.2, 0.25) is 0 Å². The Morgan fingerprint density at radius 1 is 1.38 bits per heavy atom. The monoisotopic (exact) mass is 290 g/mol. The lowest BCUT2D eigenvalue weighted by Crippen LogP contribution is -2.40. The third kappa shape index (κ3) is 3.01. The van der Waals surface area contributed by atoms with Gasteiger partial charge in [0.25, 0.3) is 5.91 Å². The predicted octanol–water partition coefficient (Wildman–Crippen LogP) is 2.45. The molecule has 1 aromatic carbocycles. The Hall–Kier alpha value is -2.04. The van der Waals surface area contributed by atoms with Crippen molar-refractivity contribution >= 4 is 11.6 Å². The molecule has 1 unspecified atom stereocenters. The average molecular weight is 290 g/mol. The number of oxime groups is 1. The zero-order valence-electron chi connectivity index (χ0n) is 12.8. The first-order valence-electron chi connectivity index (χ1n) is 7.40. The van der Waals surface area contributed by atoms with Gasteiger partial charge in [-0.2, -0.15) is 0 Å². The van der Waals surface area contributed by atoms with Crippen LogP contribution in [0.1, 0.15) is 38.3 Å². The summed E-state index contributed by atoms with van der Waals surface area (Å²) in [7, 11) is 0. The molecule has 0 bridgehead atoms. The van der Waals surface area contributed by atoms with Crippen molar-refractivity contribution in [1.82, 2.24) is 4.90 Å². The van der Waals surface area contributed by atoms with Crippen LogP contribution in [0.15, 0.2) is 23.4 Å². The Labute approximate surface area is 125 Å². The lowest BCUT2D eigenvalue weighted by molar-refractivity contribution is -0.137. The normalized spacial score (nSPS) is 16.6. The number of carbonyl (C=O) groups excluding carboxylic acids is 1. The molecule has 1 N–H and O–H groups in total. The van der Waals surface area contributed by atoms with Gasteiger partial charge < -0.3 is 14.8 Å². The van der Waals surface area contributed by atoms with Crippen LogP contribution in [-0.2, 0) is 11.2 Å². The summed E-state index contributed by atoms with van der Waals surface area (Å²) < 4.78 is 5.87. The Bertz CT molecular complexity index is 550. The van der Waals surface area contributed by atoms with Crippen molar-refractivity contribution in [2.75, 3.05) is 13.1 Å². The smallest absolute Gasteiger partial charge is 0.263 e. The summed E-state index contributed by atoms with van der Waals surface area (Å²) in [6.45, 7) is 7.04. The van der Waals surface area contributed by atoms with Gasteiger partial charge in [-0.1, -0.05) is 17.3 Å². The highest BCUT2D eigenvalue weighted by molar-refractivity contribution is 6.04. The number of benzene rings is 1. The molecule has 0 fully saturated rings. The number of amides is 1. The van der Waals surface area contributed by atoms with E-state index in [4.69, 9.17) is 9.94 Å². The van der Waals surface area contributed by atoms with Gasteiger partial charge in [0.05, 0.1) is 5.71 Å².